The van der Waals surface area contributed by atoms with Crippen molar-refractivity contribution in [1.82, 2.24) is 4.98 Å². The number of nitrogens with zero attached hydrogens (tertiary/aromatic N) is 1. The highest BCUT2D eigenvalue weighted by atomic mass is 32.1. The lowest BCUT2D eigenvalue weighted by Gasteiger charge is -2.10. The standard InChI is InChI=1S/C12H11FN2OS/c1-8(14)10-3-2-9(13)6-11(10)16-7-12-15-4-5-17-12/h2-6H,1,7,14H2. The van der Waals surface area contributed by atoms with Crippen molar-refractivity contribution in [1.29, 1.82) is 0 Å². The second-order valence-electron chi connectivity index (χ2n) is 3.38. The van der Waals surface area contributed by atoms with Crippen LogP contribution < -0.4 is 10.5 Å². The molecule has 1 aromatic heterocycles. The first kappa shape index (κ1) is 11.6. The topological polar surface area (TPSA) is 48.1 Å². The van der Waals surface area contributed by atoms with Crippen LogP contribution in [0.2, 0.25) is 0 Å². The number of benzene rings is 1. The summed E-state index contributed by atoms with van der Waals surface area (Å²) in [6.07, 6.45) is 1.69. The SMILES string of the molecule is C=C(N)c1ccc(F)cc1OCc1nccs1. The average molecular weight is 250 g/mol. The summed E-state index contributed by atoms with van der Waals surface area (Å²) in [5.74, 6) is 0.0110. The second-order valence-corrected chi connectivity index (χ2v) is 4.36. The average Bonchev–Trinajstić information content (AvgIpc) is 2.78. The van der Waals surface area contributed by atoms with Crippen LogP contribution in [0.4, 0.5) is 4.39 Å². The Hall–Kier alpha value is -1.88. The number of nitrogens with two attached hydrogens (primary N) is 1. The quantitative estimate of drug-likeness (QED) is 0.907. The Morgan fingerprint density at radius 1 is 1.53 bits per heavy atom. The highest BCUT2D eigenvalue weighted by molar-refractivity contribution is 7.09. The van der Waals surface area contributed by atoms with Gasteiger partial charge in [-0.3, -0.25) is 0 Å². The van der Waals surface area contributed by atoms with Gasteiger partial charge in [-0.2, -0.15) is 0 Å². The number of hydrogen-bond donors (Lipinski definition) is 1. The van der Waals surface area contributed by atoms with Crippen molar-refractivity contribution < 1.29 is 9.13 Å². The number of ether oxygens (including phenoxy) is 1. The van der Waals surface area contributed by atoms with E-state index < -0.39 is 0 Å². The molecule has 1 aromatic carbocycles. The molecule has 2 N–H and O–H groups in total. The van der Waals surface area contributed by atoms with Gasteiger partial charge in [-0.1, -0.05) is 6.58 Å². The number of rotatable bonds is 4. The van der Waals surface area contributed by atoms with Crippen LogP contribution in [0, 0.1) is 5.82 Å². The molecular formula is C12H11FN2OS. The van der Waals surface area contributed by atoms with E-state index >= 15 is 0 Å². The Morgan fingerprint density at radius 3 is 3.00 bits per heavy atom. The largest absolute Gasteiger partial charge is 0.486 e. The van der Waals surface area contributed by atoms with Crippen LogP contribution in [0.25, 0.3) is 5.70 Å². The van der Waals surface area contributed by atoms with Crippen LogP contribution in [0.1, 0.15) is 10.6 Å². The maximum atomic E-state index is 13.1. The van der Waals surface area contributed by atoms with E-state index in [4.69, 9.17) is 10.5 Å². The fourth-order valence-electron chi connectivity index (χ4n) is 1.34. The van der Waals surface area contributed by atoms with Crippen molar-refractivity contribution in [2.24, 2.45) is 5.73 Å². The number of halogens is 1. The van der Waals surface area contributed by atoms with Crippen LogP contribution in [0.3, 0.4) is 0 Å². The van der Waals surface area contributed by atoms with Crippen LogP contribution in [0.5, 0.6) is 5.75 Å². The van der Waals surface area contributed by atoms with E-state index in [9.17, 15) is 4.39 Å². The molecule has 0 aliphatic rings. The first-order valence-corrected chi connectivity index (χ1v) is 5.80. The molecular weight excluding hydrogens is 239 g/mol. The second kappa shape index (κ2) is 4.97. The van der Waals surface area contributed by atoms with E-state index in [2.05, 4.69) is 11.6 Å². The van der Waals surface area contributed by atoms with Gasteiger partial charge in [0.2, 0.25) is 0 Å². The third-order valence-electron chi connectivity index (χ3n) is 2.12. The summed E-state index contributed by atoms with van der Waals surface area (Å²) in [5.41, 5.74) is 6.55. The summed E-state index contributed by atoms with van der Waals surface area (Å²) in [5, 5.41) is 2.68. The molecule has 0 atom stereocenters. The van der Waals surface area contributed by atoms with Crippen LogP contribution in [0.15, 0.2) is 36.4 Å². The lowest BCUT2D eigenvalue weighted by Crippen LogP contribution is -2.01. The molecule has 5 heteroatoms. The van der Waals surface area contributed by atoms with Gasteiger partial charge in [-0.25, -0.2) is 9.37 Å². The third-order valence-corrected chi connectivity index (χ3v) is 2.88. The van der Waals surface area contributed by atoms with Crippen LogP contribution in [-0.2, 0) is 6.61 Å². The van der Waals surface area contributed by atoms with Gasteiger partial charge in [0.05, 0.1) is 0 Å². The molecule has 0 aliphatic carbocycles. The van der Waals surface area contributed by atoms with Gasteiger partial charge in [0.15, 0.2) is 0 Å². The zero-order valence-corrected chi connectivity index (χ0v) is 9.84. The molecule has 88 valence electrons. The van der Waals surface area contributed by atoms with E-state index in [0.717, 1.165) is 5.01 Å². The zero-order valence-electron chi connectivity index (χ0n) is 9.02. The van der Waals surface area contributed by atoms with Crippen molar-refractivity contribution in [3.05, 3.63) is 52.7 Å². The van der Waals surface area contributed by atoms with E-state index in [-0.39, 0.29) is 5.82 Å². The number of thiazole rings is 1. The summed E-state index contributed by atoms with van der Waals surface area (Å²) < 4.78 is 18.6. The fourth-order valence-corrected chi connectivity index (χ4v) is 1.87. The first-order chi connectivity index (χ1) is 8.16. The molecule has 3 nitrogen and oxygen atoms in total. The molecule has 2 rings (SSSR count). The smallest absolute Gasteiger partial charge is 0.140 e. The van der Waals surface area contributed by atoms with E-state index in [1.54, 1.807) is 12.3 Å². The summed E-state index contributed by atoms with van der Waals surface area (Å²) >= 11 is 1.48. The normalized spacial score (nSPS) is 10.2. The number of hydrogen-bond acceptors (Lipinski definition) is 4. The van der Waals surface area contributed by atoms with Crippen molar-refractivity contribution in [3.8, 4) is 5.75 Å². The van der Waals surface area contributed by atoms with E-state index in [1.807, 2.05) is 5.38 Å². The van der Waals surface area contributed by atoms with Gasteiger partial charge in [-0.15, -0.1) is 11.3 Å². The molecule has 0 fully saturated rings. The predicted octanol–water partition coefficient (Wildman–Crippen LogP) is 2.79. The van der Waals surface area contributed by atoms with Gasteiger partial charge < -0.3 is 10.5 Å². The maximum Gasteiger partial charge on any atom is 0.140 e. The molecule has 0 saturated heterocycles. The molecule has 2 aromatic rings. The van der Waals surface area contributed by atoms with Gasteiger partial charge >= 0.3 is 0 Å². The predicted molar refractivity (Wildman–Crippen MR) is 66.1 cm³/mol. The van der Waals surface area contributed by atoms with Crippen molar-refractivity contribution in [2.75, 3.05) is 0 Å². The lowest BCUT2D eigenvalue weighted by molar-refractivity contribution is 0.303. The Labute approximate surface area is 102 Å². The Kier molecular flexibility index (Phi) is 3.39. The van der Waals surface area contributed by atoms with Gasteiger partial charge in [0.1, 0.15) is 23.2 Å². The molecule has 0 unspecified atom stereocenters. The van der Waals surface area contributed by atoms with Gasteiger partial charge in [-0.05, 0) is 12.1 Å². The monoisotopic (exact) mass is 250 g/mol. The zero-order chi connectivity index (χ0) is 12.3. The van der Waals surface area contributed by atoms with Gasteiger partial charge in [0.25, 0.3) is 0 Å². The third kappa shape index (κ3) is 2.82. The summed E-state index contributed by atoms with van der Waals surface area (Å²) in [4.78, 5) is 4.07. The van der Waals surface area contributed by atoms with Crippen LogP contribution in [-0.4, -0.2) is 4.98 Å². The molecule has 0 radical (unpaired) electrons. The molecule has 1 heterocycles. The summed E-state index contributed by atoms with van der Waals surface area (Å²) in [6.45, 7) is 3.92. The van der Waals surface area contributed by atoms with E-state index in [1.165, 1.54) is 23.5 Å². The first-order valence-electron chi connectivity index (χ1n) is 4.92. The molecule has 0 aliphatic heterocycles. The lowest BCUT2D eigenvalue weighted by atomic mass is 10.1. The Morgan fingerprint density at radius 2 is 2.35 bits per heavy atom. The summed E-state index contributed by atoms with van der Waals surface area (Å²) in [6, 6.07) is 4.17. The van der Waals surface area contributed by atoms with Gasteiger partial charge in [0, 0.05) is 28.9 Å². The van der Waals surface area contributed by atoms with Crippen molar-refractivity contribution in [3.63, 3.8) is 0 Å². The molecule has 0 spiro atoms. The Bertz CT molecular complexity index is 525. The van der Waals surface area contributed by atoms with Crippen molar-refractivity contribution in [2.45, 2.75) is 6.61 Å². The van der Waals surface area contributed by atoms with E-state index in [0.29, 0.717) is 23.6 Å². The molecule has 17 heavy (non-hydrogen) atoms. The minimum absolute atomic E-state index is 0.293. The molecule has 0 bridgehead atoms. The molecule has 0 saturated carbocycles. The maximum absolute atomic E-state index is 13.1. The fraction of sp³-hybridized carbons (Fsp3) is 0.0833. The highest BCUT2D eigenvalue weighted by Gasteiger charge is 2.07. The summed E-state index contributed by atoms with van der Waals surface area (Å²) in [7, 11) is 0. The molecule has 0 amide bonds. The van der Waals surface area contributed by atoms with Crippen LogP contribution >= 0.6 is 11.3 Å². The van der Waals surface area contributed by atoms with Crippen molar-refractivity contribution >= 4 is 17.0 Å². The highest BCUT2D eigenvalue weighted by Crippen LogP contribution is 2.24. The minimum atomic E-state index is -0.371. The Balaban J connectivity index is 2.19. The minimum Gasteiger partial charge on any atom is -0.486 e. The number of aromatic nitrogens is 1.